The quantitative estimate of drug-likeness (QED) is 0.831. The van der Waals surface area contributed by atoms with Crippen molar-refractivity contribution in [2.24, 2.45) is 0 Å². The highest BCUT2D eigenvalue weighted by molar-refractivity contribution is 9.10. The summed E-state index contributed by atoms with van der Waals surface area (Å²) >= 11 is 10.2. The van der Waals surface area contributed by atoms with Gasteiger partial charge in [-0.25, -0.2) is 4.39 Å². The Kier molecular flexibility index (Phi) is 4.27. The Balaban J connectivity index is 2.39. The van der Waals surface area contributed by atoms with Gasteiger partial charge in [0.15, 0.2) is 0 Å². The molecule has 1 heterocycles. The van der Waals surface area contributed by atoms with Gasteiger partial charge in [0.25, 0.3) is 0 Å². The summed E-state index contributed by atoms with van der Waals surface area (Å²) in [5, 5.41) is 11.9. The Hall–Kier alpha value is -0.620. The Morgan fingerprint density at radius 2 is 2.22 bits per heavy atom. The van der Waals surface area contributed by atoms with Crippen molar-refractivity contribution in [3.05, 3.63) is 49.3 Å². The van der Waals surface area contributed by atoms with Crippen molar-refractivity contribution in [2.45, 2.75) is 6.10 Å². The van der Waals surface area contributed by atoms with E-state index in [2.05, 4.69) is 15.9 Å². The van der Waals surface area contributed by atoms with Gasteiger partial charge >= 0.3 is 0 Å². The number of ether oxygens (including phenoxy) is 1. The van der Waals surface area contributed by atoms with E-state index in [0.717, 1.165) is 0 Å². The molecular formula is C12H9BrClFO2S. The molecular weight excluding hydrogens is 343 g/mol. The minimum Gasteiger partial charge on any atom is -0.496 e. The molecule has 1 N–H and O–H groups in total. The van der Waals surface area contributed by atoms with Crippen LogP contribution in [0.25, 0.3) is 0 Å². The van der Waals surface area contributed by atoms with Crippen molar-refractivity contribution in [3.63, 3.8) is 0 Å². The first-order valence-corrected chi connectivity index (χ1v) is 7.03. The number of methoxy groups -OCH3 is 1. The van der Waals surface area contributed by atoms with Crippen LogP contribution in [0.1, 0.15) is 16.5 Å². The van der Waals surface area contributed by atoms with E-state index in [1.165, 1.54) is 24.5 Å². The standard InChI is InChI=1S/C12H9BrClFO2S/c1-17-6-4-9(18-5-6)12(16)7-2-3-8(13)10(14)11(7)15/h2-5,12,16H,1H3. The maximum absolute atomic E-state index is 13.9. The number of thiophene rings is 1. The average Bonchev–Trinajstić information content (AvgIpc) is 2.84. The first-order chi connectivity index (χ1) is 8.54. The smallest absolute Gasteiger partial charge is 0.149 e. The van der Waals surface area contributed by atoms with Crippen LogP contribution in [-0.4, -0.2) is 12.2 Å². The van der Waals surface area contributed by atoms with Gasteiger partial charge in [-0.15, -0.1) is 11.3 Å². The van der Waals surface area contributed by atoms with Crippen molar-refractivity contribution in [3.8, 4) is 5.75 Å². The molecule has 0 saturated carbocycles. The molecule has 0 radical (unpaired) electrons. The Morgan fingerprint density at radius 3 is 2.83 bits per heavy atom. The molecule has 0 saturated heterocycles. The lowest BCUT2D eigenvalue weighted by Gasteiger charge is -2.11. The lowest BCUT2D eigenvalue weighted by molar-refractivity contribution is 0.218. The van der Waals surface area contributed by atoms with Crippen LogP contribution < -0.4 is 4.74 Å². The fraction of sp³-hybridized carbons (Fsp3) is 0.167. The summed E-state index contributed by atoms with van der Waals surface area (Å²) in [5.41, 5.74) is 0.146. The Labute approximate surface area is 121 Å². The first-order valence-electron chi connectivity index (χ1n) is 4.98. The van der Waals surface area contributed by atoms with Crippen LogP contribution in [-0.2, 0) is 0 Å². The fourth-order valence-electron chi connectivity index (χ4n) is 1.49. The SMILES string of the molecule is COc1csc(C(O)c2ccc(Br)c(Cl)c2F)c1. The summed E-state index contributed by atoms with van der Waals surface area (Å²) in [6, 6.07) is 4.78. The van der Waals surface area contributed by atoms with Gasteiger partial charge in [0.2, 0.25) is 0 Å². The minimum absolute atomic E-state index is 0.0323. The van der Waals surface area contributed by atoms with Crippen LogP contribution in [0, 0.1) is 5.82 Å². The van der Waals surface area contributed by atoms with Gasteiger partial charge in [-0.1, -0.05) is 17.7 Å². The highest BCUT2D eigenvalue weighted by Crippen LogP contribution is 2.36. The Morgan fingerprint density at radius 1 is 1.50 bits per heavy atom. The number of aliphatic hydroxyl groups excluding tert-OH is 1. The van der Waals surface area contributed by atoms with E-state index in [1.807, 2.05) is 0 Å². The maximum atomic E-state index is 13.9. The zero-order valence-electron chi connectivity index (χ0n) is 9.28. The lowest BCUT2D eigenvalue weighted by atomic mass is 10.1. The molecule has 6 heteroatoms. The number of halogens is 3. The summed E-state index contributed by atoms with van der Waals surface area (Å²) in [6.07, 6.45) is -1.05. The summed E-state index contributed by atoms with van der Waals surface area (Å²) in [4.78, 5) is 0.601. The molecule has 2 rings (SSSR count). The molecule has 0 aliphatic carbocycles. The third kappa shape index (κ3) is 2.54. The molecule has 1 atom stereocenters. The second-order valence-corrected chi connectivity index (χ2v) is 5.73. The van der Waals surface area contributed by atoms with Gasteiger partial charge in [0.1, 0.15) is 17.7 Å². The third-order valence-electron chi connectivity index (χ3n) is 2.46. The molecule has 0 amide bonds. The molecule has 1 unspecified atom stereocenters. The summed E-state index contributed by atoms with van der Waals surface area (Å²) < 4.78 is 19.4. The molecule has 96 valence electrons. The zero-order chi connectivity index (χ0) is 13.3. The van der Waals surface area contributed by atoms with E-state index in [0.29, 0.717) is 15.1 Å². The molecule has 0 aliphatic rings. The van der Waals surface area contributed by atoms with Crippen LogP contribution in [0.5, 0.6) is 5.75 Å². The number of benzene rings is 1. The normalized spacial score (nSPS) is 12.5. The van der Waals surface area contributed by atoms with Crippen molar-refractivity contribution < 1.29 is 14.2 Å². The third-order valence-corrected chi connectivity index (χ3v) is 4.68. The molecule has 1 aromatic carbocycles. The second-order valence-electron chi connectivity index (χ2n) is 3.56. The molecule has 1 aromatic heterocycles. The lowest BCUT2D eigenvalue weighted by Crippen LogP contribution is -2.01. The molecule has 2 nitrogen and oxygen atoms in total. The molecule has 0 spiro atoms. The van der Waals surface area contributed by atoms with E-state index < -0.39 is 11.9 Å². The predicted molar refractivity (Wildman–Crippen MR) is 74.0 cm³/mol. The number of aliphatic hydroxyl groups is 1. The van der Waals surface area contributed by atoms with E-state index in [1.54, 1.807) is 17.5 Å². The van der Waals surface area contributed by atoms with Crippen LogP contribution in [0.4, 0.5) is 4.39 Å². The van der Waals surface area contributed by atoms with Crippen molar-refractivity contribution in [1.29, 1.82) is 0 Å². The number of hydrogen-bond acceptors (Lipinski definition) is 3. The van der Waals surface area contributed by atoms with E-state index in [4.69, 9.17) is 16.3 Å². The molecule has 0 bridgehead atoms. The molecule has 18 heavy (non-hydrogen) atoms. The monoisotopic (exact) mass is 350 g/mol. The molecule has 2 aromatic rings. The van der Waals surface area contributed by atoms with E-state index >= 15 is 0 Å². The van der Waals surface area contributed by atoms with Crippen LogP contribution in [0.2, 0.25) is 5.02 Å². The van der Waals surface area contributed by atoms with E-state index in [9.17, 15) is 9.50 Å². The highest BCUT2D eigenvalue weighted by atomic mass is 79.9. The molecule has 0 aliphatic heterocycles. The maximum Gasteiger partial charge on any atom is 0.149 e. The van der Waals surface area contributed by atoms with Gasteiger partial charge < -0.3 is 9.84 Å². The summed E-state index contributed by atoms with van der Waals surface area (Å²) in [5.74, 6) is 0.0172. The van der Waals surface area contributed by atoms with E-state index in [-0.39, 0.29) is 10.6 Å². The largest absolute Gasteiger partial charge is 0.496 e. The predicted octanol–water partition coefficient (Wildman–Crippen LogP) is 4.39. The zero-order valence-corrected chi connectivity index (χ0v) is 12.4. The number of rotatable bonds is 3. The topological polar surface area (TPSA) is 29.5 Å². The second kappa shape index (κ2) is 5.57. The minimum atomic E-state index is -1.05. The summed E-state index contributed by atoms with van der Waals surface area (Å²) in [7, 11) is 1.54. The first kappa shape index (κ1) is 13.8. The highest BCUT2D eigenvalue weighted by Gasteiger charge is 2.20. The Bertz CT molecular complexity index is 573. The number of hydrogen-bond donors (Lipinski definition) is 1. The van der Waals surface area contributed by atoms with Crippen LogP contribution in [0.15, 0.2) is 28.1 Å². The van der Waals surface area contributed by atoms with Gasteiger partial charge in [-0.3, -0.25) is 0 Å². The van der Waals surface area contributed by atoms with Gasteiger partial charge in [-0.2, -0.15) is 0 Å². The van der Waals surface area contributed by atoms with Crippen molar-refractivity contribution >= 4 is 38.9 Å². The van der Waals surface area contributed by atoms with Gasteiger partial charge in [-0.05, 0) is 28.1 Å². The van der Waals surface area contributed by atoms with Gasteiger partial charge in [0.05, 0.1) is 12.1 Å². The van der Waals surface area contributed by atoms with Crippen LogP contribution >= 0.6 is 38.9 Å². The summed E-state index contributed by atoms with van der Waals surface area (Å²) in [6.45, 7) is 0. The van der Waals surface area contributed by atoms with Crippen LogP contribution in [0.3, 0.4) is 0 Å². The van der Waals surface area contributed by atoms with Crippen molar-refractivity contribution in [2.75, 3.05) is 7.11 Å². The molecule has 0 fully saturated rings. The average molecular weight is 352 g/mol. The van der Waals surface area contributed by atoms with Crippen molar-refractivity contribution in [1.82, 2.24) is 0 Å². The van der Waals surface area contributed by atoms with Gasteiger partial charge in [0, 0.05) is 20.3 Å². The fourth-order valence-corrected chi connectivity index (χ4v) is 2.82.